The molecule has 8 nitrogen and oxygen atoms in total. The van der Waals surface area contributed by atoms with Crippen molar-refractivity contribution in [1.29, 1.82) is 5.26 Å². The molecule has 2 heterocycles. The minimum atomic E-state index is -4.03. The molecule has 0 saturated carbocycles. The standard InChI is InChI=1S/C19H14N6O2S/c1-25-18(23-19(24-25)28(21,26)27)16-8-9-22-11-17(16)15-7-6-12(10-20)13-4-2-3-5-14(13)15/h2-9,11H,1H3,(H2,21,26,27). The molecule has 4 aromatic rings. The highest BCUT2D eigenvalue weighted by atomic mass is 32.2. The summed E-state index contributed by atoms with van der Waals surface area (Å²) in [6, 6.07) is 15.1. The van der Waals surface area contributed by atoms with Crippen molar-refractivity contribution in [3.63, 3.8) is 0 Å². The van der Waals surface area contributed by atoms with Gasteiger partial charge in [0.1, 0.15) is 0 Å². The quantitative estimate of drug-likeness (QED) is 0.571. The normalized spacial score (nSPS) is 11.5. The zero-order valence-corrected chi connectivity index (χ0v) is 15.6. The highest BCUT2D eigenvalue weighted by Crippen LogP contribution is 2.36. The number of sulfonamides is 1. The van der Waals surface area contributed by atoms with Gasteiger partial charge < -0.3 is 0 Å². The summed E-state index contributed by atoms with van der Waals surface area (Å²) in [5.41, 5.74) is 2.80. The average molecular weight is 390 g/mol. The summed E-state index contributed by atoms with van der Waals surface area (Å²) in [4.78, 5) is 8.33. The highest BCUT2D eigenvalue weighted by Gasteiger charge is 2.21. The number of nitriles is 1. The van der Waals surface area contributed by atoms with Gasteiger partial charge in [0.05, 0.1) is 11.6 Å². The Morgan fingerprint density at radius 2 is 1.79 bits per heavy atom. The molecule has 0 saturated heterocycles. The largest absolute Gasteiger partial charge is 0.282 e. The van der Waals surface area contributed by atoms with Crippen molar-refractivity contribution in [2.24, 2.45) is 12.2 Å². The Labute approximate surface area is 160 Å². The van der Waals surface area contributed by atoms with Crippen molar-refractivity contribution in [3.05, 3.63) is 60.4 Å². The minimum Gasteiger partial charge on any atom is -0.264 e. The molecule has 9 heteroatoms. The summed E-state index contributed by atoms with van der Waals surface area (Å²) in [6.45, 7) is 0. The van der Waals surface area contributed by atoms with Crippen molar-refractivity contribution in [3.8, 4) is 28.6 Å². The SMILES string of the molecule is Cn1nc(S(N)(=O)=O)nc1-c1ccncc1-c1ccc(C#N)c2ccccc12. The lowest BCUT2D eigenvalue weighted by atomic mass is 9.93. The molecule has 138 valence electrons. The van der Waals surface area contributed by atoms with Gasteiger partial charge in [-0.15, -0.1) is 5.10 Å². The van der Waals surface area contributed by atoms with Crippen LogP contribution in [0.25, 0.3) is 33.3 Å². The molecular weight excluding hydrogens is 376 g/mol. The van der Waals surface area contributed by atoms with Crippen molar-refractivity contribution >= 4 is 20.8 Å². The van der Waals surface area contributed by atoms with Gasteiger partial charge >= 0.3 is 0 Å². The van der Waals surface area contributed by atoms with Crippen LogP contribution in [-0.4, -0.2) is 28.2 Å². The van der Waals surface area contributed by atoms with Gasteiger partial charge in [-0.2, -0.15) is 10.2 Å². The molecule has 0 aliphatic carbocycles. The third-order valence-corrected chi connectivity index (χ3v) is 5.08. The molecule has 0 fully saturated rings. The minimum absolute atomic E-state index is 0.342. The van der Waals surface area contributed by atoms with Crippen LogP contribution in [0.15, 0.2) is 60.0 Å². The smallest absolute Gasteiger partial charge is 0.264 e. The van der Waals surface area contributed by atoms with E-state index in [1.165, 1.54) is 4.68 Å². The summed E-state index contributed by atoms with van der Waals surface area (Å²) < 4.78 is 24.6. The number of benzene rings is 2. The molecule has 2 N–H and O–H groups in total. The molecule has 28 heavy (non-hydrogen) atoms. The Morgan fingerprint density at radius 1 is 1.04 bits per heavy atom. The van der Waals surface area contributed by atoms with Crippen LogP contribution in [0.1, 0.15) is 5.56 Å². The van der Waals surface area contributed by atoms with Crippen LogP contribution < -0.4 is 5.14 Å². The third-order valence-electron chi connectivity index (χ3n) is 4.39. The van der Waals surface area contributed by atoms with E-state index in [2.05, 4.69) is 21.1 Å². The summed E-state index contributed by atoms with van der Waals surface area (Å²) in [5.74, 6) is 0.342. The summed E-state index contributed by atoms with van der Waals surface area (Å²) in [7, 11) is -2.43. The van der Waals surface area contributed by atoms with Crippen LogP contribution in [0, 0.1) is 11.3 Å². The van der Waals surface area contributed by atoms with E-state index < -0.39 is 15.2 Å². The number of pyridine rings is 1. The first-order valence-corrected chi connectivity index (χ1v) is 9.75. The number of aryl methyl sites for hydroxylation is 1. The first kappa shape index (κ1) is 17.8. The first-order chi connectivity index (χ1) is 13.4. The number of hydrogen-bond acceptors (Lipinski definition) is 6. The fourth-order valence-corrected chi connectivity index (χ4v) is 3.60. The maximum Gasteiger partial charge on any atom is 0.282 e. The number of nitrogens with two attached hydrogens (primary N) is 1. The molecule has 0 amide bonds. The lowest BCUT2D eigenvalue weighted by molar-refractivity contribution is 0.586. The van der Waals surface area contributed by atoms with E-state index in [1.807, 2.05) is 30.3 Å². The molecule has 0 atom stereocenters. The summed E-state index contributed by atoms with van der Waals surface area (Å²) >= 11 is 0. The fraction of sp³-hybridized carbons (Fsp3) is 0.0526. The zero-order chi connectivity index (χ0) is 19.9. The Balaban J connectivity index is 2.01. The van der Waals surface area contributed by atoms with Crippen molar-refractivity contribution in [2.75, 3.05) is 0 Å². The van der Waals surface area contributed by atoms with E-state index in [1.54, 1.807) is 31.6 Å². The monoisotopic (exact) mass is 390 g/mol. The third kappa shape index (κ3) is 2.90. The lowest BCUT2D eigenvalue weighted by Crippen LogP contribution is -2.14. The fourth-order valence-electron chi connectivity index (χ4n) is 3.15. The average Bonchev–Trinajstić information content (AvgIpc) is 3.09. The second kappa shape index (κ2) is 6.53. The number of fused-ring (bicyclic) bond motifs is 1. The van der Waals surface area contributed by atoms with Gasteiger partial charge in [0, 0.05) is 36.0 Å². The maximum atomic E-state index is 11.6. The van der Waals surface area contributed by atoms with Gasteiger partial charge in [-0.3, -0.25) is 4.98 Å². The molecule has 2 aromatic carbocycles. The molecule has 0 aliphatic rings. The van der Waals surface area contributed by atoms with Gasteiger partial charge in [-0.05, 0) is 23.1 Å². The van der Waals surface area contributed by atoms with Crippen LogP contribution in [0.4, 0.5) is 0 Å². The number of primary sulfonamides is 1. The van der Waals surface area contributed by atoms with Crippen molar-refractivity contribution < 1.29 is 8.42 Å². The Bertz CT molecular complexity index is 1370. The second-order valence-electron chi connectivity index (χ2n) is 6.13. The van der Waals surface area contributed by atoms with Crippen molar-refractivity contribution in [1.82, 2.24) is 19.7 Å². The molecule has 0 unspecified atom stereocenters. The van der Waals surface area contributed by atoms with E-state index in [-0.39, 0.29) is 0 Å². The molecule has 0 bridgehead atoms. The van der Waals surface area contributed by atoms with Crippen LogP contribution in [0.2, 0.25) is 0 Å². The van der Waals surface area contributed by atoms with Gasteiger partial charge in [0.25, 0.3) is 15.2 Å². The maximum absolute atomic E-state index is 11.6. The highest BCUT2D eigenvalue weighted by molar-refractivity contribution is 7.89. The van der Waals surface area contributed by atoms with Crippen LogP contribution in [-0.2, 0) is 17.1 Å². The predicted molar refractivity (Wildman–Crippen MR) is 103 cm³/mol. The number of nitrogens with zero attached hydrogens (tertiary/aromatic N) is 5. The Morgan fingerprint density at radius 3 is 2.46 bits per heavy atom. The predicted octanol–water partition coefficient (Wildman–Crippen LogP) is 2.22. The second-order valence-corrected chi connectivity index (χ2v) is 7.58. The van der Waals surface area contributed by atoms with E-state index in [4.69, 9.17) is 5.14 Å². The first-order valence-electron chi connectivity index (χ1n) is 8.20. The molecule has 0 aliphatic heterocycles. The summed E-state index contributed by atoms with van der Waals surface area (Å²) in [6.07, 6.45) is 3.27. The van der Waals surface area contributed by atoms with E-state index in [9.17, 15) is 13.7 Å². The van der Waals surface area contributed by atoms with E-state index in [0.717, 1.165) is 21.9 Å². The molecule has 0 spiro atoms. The number of hydrogen-bond donors (Lipinski definition) is 1. The van der Waals surface area contributed by atoms with Crippen LogP contribution >= 0.6 is 0 Å². The molecule has 4 rings (SSSR count). The summed E-state index contributed by atoms with van der Waals surface area (Å²) in [5, 5.41) is 19.7. The lowest BCUT2D eigenvalue weighted by Gasteiger charge is -2.12. The van der Waals surface area contributed by atoms with Gasteiger partial charge in [0.2, 0.25) is 0 Å². The van der Waals surface area contributed by atoms with Gasteiger partial charge in [-0.25, -0.2) is 18.2 Å². The Kier molecular flexibility index (Phi) is 4.15. The number of rotatable bonds is 3. The zero-order valence-electron chi connectivity index (χ0n) is 14.7. The van der Waals surface area contributed by atoms with Gasteiger partial charge in [-0.1, -0.05) is 30.3 Å². The van der Waals surface area contributed by atoms with Crippen molar-refractivity contribution in [2.45, 2.75) is 5.16 Å². The molecule has 2 aromatic heterocycles. The topological polar surface area (TPSA) is 128 Å². The van der Waals surface area contributed by atoms with Crippen LogP contribution in [0.3, 0.4) is 0 Å². The Hall–Kier alpha value is -3.61. The van der Waals surface area contributed by atoms with E-state index >= 15 is 0 Å². The number of aromatic nitrogens is 4. The molecular formula is C19H14N6O2S. The van der Waals surface area contributed by atoms with Crippen LogP contribution in [0.5, 0.6) is 0 Å². The molecule has 0 radical (unpaired) electrons. The van der Waals surface area contributed by atoms with Gasteiger partial charge in [0.15, 0.2) is 5.82 Å². The van der Waals surface area contributed by atoms with E-state index in [0.29, 0.717) is 17.0 Å².